The van der Waals surface area contributed by atoms with Gasteiger partial charge in [-0.05, 0) is 30.7 Å². The van der Waals surface area contributed by atoms with Gasteiger partial charge in [-0.2, -0.15) is 0 Å². The number of aromatic amines is 1. The van der Waals surface area contributed by atoms with E-state index in [1.165, 1.54) is 0 Å². The first kappa shape index (κ1) is 22.2. The quantitative estimate of drug-likeness (QED) is 0.328. The summed E-state index contributed by atoms with van der Waals surface area (Å²) in [5, 5.41) is 14.8. The Bertz CT molecular complexity index is 1260. The molecule has 0 saturated carbocycles. The average molecular weight is 441 g/mol. The monoisotopic (exact) mass is 440 g/mol. The molecule has 1 atom stereocenters. The molecule has 0 fully saturated rings. The van der Waals surface area contributed by atoms with E-state index in [9.17, 15) is 5.11 Å². The van der Waals surface area contributed by atoms with Gasteiger partial charge >= 0.3 is 0 Å². The van der Waals surface area contributed by atoms with Crippen LogP contribution < -0.4 is 11.1 Å². The number of H-pyrrole nitrogens is 1. The summed E-state index contributed by atoms with van der Waals surface area (Å²) in [6.45, 7) is 3.02. The summed E-state index contributed by atoms with van der Waals surface area (Å²) in [5.74, 6) is 0.657. The van der Waals surface area contributed by atoms with Gasteiger partial charge < -0.3 is 21.1 Å². The highest BCUT2D eigenvalue weighted by atomic mass is 16.3. The van der Waals surface area contributed by atoms with Crippen LogP contribution in [0.4, 0.5) is 0 Å². The Hall–Kier alpha value is -3.97. The summed E-state index contributed by atoms with van der Waals surface area (Å²) in [5.41, 5.74) is 11.4. The van der Waals surface area contributed by atoms with Crippen molar-refractivity contribution in [3.8, 4) is 0 Å². The van der Waals surface area contributed by atoms with Crippen LogP contribution in [-0.4, -0.2) is 40.6 Å². The third-order valence-corrected chi connectivity index (χ3v) is 5.49. The summed E-state index contributed by atoms with van der Waals surface area (Å²) in [7, 11) is 1.67. The second-order valence-corrected chi connectivity index (χ2v) is 7.87. The number of fused-ring (bicyclic) bond motifs is 1. The van der Waals surface area contributed by atoms with Crippen molar-refractivity contribution in [1.82, 2.24) is 15.3 Å². The number of nitrogens with one attached hydrogen (secondary N) is 2. The molecule has 4 rings (SSSR count). The number of allylic oxidation sites excluding steroid dienone is 2. The second kappa shape index (κ2) is 10.1. The number of benzene rings is 2. The Kier molecular flexibility index (Phi) is 6.80. The van der Waals surface area contributed by atoms with E-state index in [2.05, 4.69) is 26.4 Å². The minimum absolute atomic E-state index is 0.0253. The minimum atomic E-state index is 0.0253. The normalized spacial score (nSPS) is 16.7. The molecule has 0 saturated heterocycles. The maximum atomic E-state index is 11.4. The van der Waals surface area contributed by atoms with Gasteiger partial charge in [0.1, 0.15) is 11.4 Å². The van der Waals surface area contributed by atoms with E-state index in [1.54, 1.807) is 19.5 Å². The lowest BCUT2D eigenvalue weighted by Gasteiger charge is -2.16. The van der Waals surface area contributed by atoms with Crippen LogP contribution >= 0.6 is 0 Å². The average Bonchev–Trinajstić information content (AvgIpc) is 3.07. The Morgan fingerprint density at radius 2 is 2.00 bits per heavy atom. The molecule has 0 spiro atoms. The van der Waals surface area contributed by atoms with Crippen LogP contribution in [0, 0.1) is 12.8 Å². The first-order valence-electron chi connectivity index (χ1n) is 10.9. The number of hydrogen-bond acceptors (Lipinski definition) is 6. The smallest absolute Gasteiger partial charge is 0.168 e. The standard InChI is InChI=1S/C26H28N6O/c1-17-5-8-20(9-6-17)23(28-2)25(33)24(30-16-18-4-3-12-29-13-11-18)26-31-21-10-7-19(15-27)14-22(21)32-26/h3-14,18,30,33H,15-16,27H2,1-2H3,(H,31,32)/b25-24+,28-23?. The molecule has 7 heteroatoms. The minimum Gasteiger partial charge on any atom is -0.504 e. The third-order valence-electron chi connectivity index (χ3n) is 5.49. The molecular weight excluding hydrogens is 412 g/mol. The summed E-state index contributed by atoms with van der Waals surface area (Å²) < 4.78 is 0. The van der Waals surface area contributed by atoms with Crippen LogP contribution in [0.2, 0.25) is 0 Å². The second-order valence-electron chi connectivity index (χ2n) is 7.87. The fourth-order valence-electron chi connectivity index (χ4n) is 3.66. The molecule has 0 aliphatic carbocycles. The van der Waals surface area contributed by atoms with Gasteiger partial charge in [0, 0.05) is 44.0 Å². The molecule has 1 unspecified atom stereocenters. The molecule has 33 heavy (non-hydrogen) atoms. The predicted molar refractivity (Wildman–Crippen MR) is 135 cm³/mol. The van der Waals surface area contributed by atoms with E-state index in [1.807, 2.05) is 61.5 Å². The van der Waals surface area contributed by atoms with Gasteiger partial charge in [0.2, 0.25) is 0 Å². The summed E-state index contributed by atoms with van der Waals surface area (Å²) in [6, 6.07) is 13.8. The van der Waals surface area contributed by atoms with Crippen LogP contribution in [0.5, 0.6) is 0 Å². The van der Waals surface area contributed by atoms with Crippen LogP contribution in [0.3, 0.4) is 0 Å². The highest BCUT2D eigenvalue weighted by molar-refractivity contribution is 6.14. The maximum Gasteiger partial charge on any atom is 0.168 e. The summed E-state index contributed by atoms with van der Waals surface area (Å²) in [4.78, 5) is 16.6. The Morgan fingerprint density at radius 1 is 1.18 bits per heavy atom. The summed E-state index contributed by atoms with van der Waals surface area (Å²) in [6.07, 6.45) is 9.49. The summed E-state index contributed by atoms with van der Waals surface area (Å²) >= 11 is 0. The molecule has 2 aromatic carbocycles. The van der Waals surface area contributed by atoms with Crippen LogP contribution in [0.25, 0.3) is 16.7 Å². The molecular formula is C26H28N6O. The lowest BCUT2D eigenvalue weighted by molar-refractivity contribution is 0.441. The van der Waals surface area contributed by atoms with Crippen LogP contribution in [0.15, 0.2) is 82.6 Å². The van der Waals surface area contributed by atoms with Gasteiger partial charge in [-0.3, -0.25) is 9.98 Å². The molecule has 1 aliphatic heterocycles. The third kappa shape index (κ3) is 5.10. The number of aryl methyl sites for hydroxylation is 1. The van der Waals surface area contributed by atoms with Crippen LogP contribution in [0.1, 0.15) is 22.5 Å². The Labute approximate surface area is 193 Å². The Balaban J connectivity index is 1.76. The number of imidazole rings is 1. The zero-order valence-electron chi connectivity index (χ0n) is 18.8. The molecule has 1 aromatic heterocycles. The van der Waals surface area contributed by atoms with Crippen molar-refractivity contribution in [2.45, 2.75) is 13.5 Å². The first-order chi connectivity index (χ1) is 16.1. The molecule has 168 valence electrons. The first-order valence-corrected chi connectivity index (χ1v) is 10.9. The lowest BCUT2D eigenvalue weighted by atomic mass is 10.0. The fraction of sp³-hybridized carbons (Fsp3) is 0.192. The van der Waals surface area contributed by atoms with Crippen LogP contribution in [-0.2, 0) is 6.54 Å². The van der Waals surface area contributed by atoms with Gasteiger partial charge in [-0.15, -0.1) is 0 Å². The predicted octanol–water partition coefficient (Wildman–Crippen LogP) is 4.04. The number of aromatic nitrogens is 2. The fourth-order valence-corrected chi connectivity index (χ4v) is 3.66. The molecule has 0 amide bonds. The van der Waals surface area contributed by atoms with E-state index in [0.29, 0.717) is 30.3 Å². The highest BCUT2D eigenvalue weighted by Crippen LogP contribution is 2.22. The number of aliphatic hydroxyl groups is 1. The number of rotatable bonds is 7. The number of nitrogens with zero attached hydrogens (tertiary/aromatic N) is 3. The topological polar surface area (TPSA) is 112 Å². The Morgan fingerprint density at radius 3 is 2.76 bits per heavy atom. The van der Waals surface area contributed by atoms with Crippen molar-refractivity contribution in [3.05, 3.63) is 95.2 Å². The van der Waals surface area contributed by atoms with Crippen molar-refractivity contribution >= 4 is 28.7 Å². The van der Waals surface area contributed by atoms with Crippen molar-refractivity contribution < 1.29 is 5.11 Å². The molecule has 7 nitrogen and oxygen atoms in total. The van der Waals surface area contributed by atoms with E-state index in [4.69, 9.17) is 10.7 Å². The number of nitrogens with two attached hydrogens (primary N) is 1. The van der Waals surface area contributed by atoms with Crippen molar-refractivity contribution in [2.24, 2.45) is 21.6 Å². The van der Waals surface area contributed by atoms with Crippen molar-refractivity contribution in [1.29, 1.82) is 0 Å². The van der Waals surface area contributed by atoms with E-state index < -0.39 is 0 Å². The highest BCUT2D eigenvalue weighted by Gasteiger charge is 2.19. The van der Waals surface area contributed by atoms with Crippen molar-refractivity contribution in [2.75, 3.05) is 13.6 Å². The molecule has 5 N–H and O–H groups in total. The van der Waals surface area contributed by atoms with Gasteiger partial charge in [0.25, 0.3) is 0 Å². The number of aliphatic hydroxyl groups excluding tert-OH is 1. The van der Waals surface area contributed by atoms with Gasteiger partial charge in [0.05, 0.1) is 11.0 Å². The van der Waals surface area contributed by atoms with Crippen molar-refractivity contribution in [3.63, 3.8) is 0 Å². The molecule has 0 radical (unpaired) electrons. The molecule has 2 heterocycles. The van der Waals surface area contributed by atoms with Gasteiger partial charge in [0.15, 0.2) is 11.6 Å². The van der Waals surface area contributed by atoms with E-state index >= 15 is 0 Å². The lowest BCUT2D eigenvalue weighted by Crippen LogP contribution is -2.23. The molecule has 3 aromatic rings. The van der Waals surface area contributed by atoms with E-state index in [-0.39, 0.29) is 11.7 Å². The van der Waals surface area contributed by atoms with E-state index in [0.717, 1.165) is 27.7 Å². The SMILES string of the molecule is CN=C(/C(O)=C(\NCC1C=CC=NC=C1)c1nc2ccc(CN)cc2[nH]1)c1ccc(C)cc1. The van der Waals surface area contributed by atoms with Gasteiger partial charge in [-0.1, -0.05) is 48.0 Å². The number of aliphatic imine (C=N–C) groups is 2. The zero-order chi connectivity index (χ0) is 23.2. The number of hydrogen-bond donors (Lipinski definition) is 4. The van der Waals surface area contributed by atoms with Gasteiger partial charge in [-0.25, -0.2) is 4.98 Å². The molecule has 0 bridgehead atoms. The zero-order valence-corrected chi connectivity index (χ0v) is 18.8. The maximum absolute atomic E-state index is 11.4. The largest absolute Gasteiger partial charge is 0.504 e. The molecule has 1 aliphatic rings.